The number of anilines is 2. The van der Waals surface area contributed by atoms with Gasteiger partial charge in [-0.2, -0.15) is 18.3 Å². The van der Waals surface area contributed by atoms with Crippen LogP contribution in [-0.4, -0.2) is 55.5 Å². The second-order valence-corrected chi connectivity index (χ2v) is 10.4. The molecule has 0 radical (unpaired) electrons. The Hall–Kier alpha value is -3.67. The van der Waals surface area contributed by atoms with Gasteiger partial charge in [-0.1, -0.05) is 32.9 Å². The van der Waals surface area contributed by atoms with E-state index in [-0.39, 0.29) is 41.7 Å². The number of aliphatic hydroxyl groups is 1. The normalized spacial score (nSPS) is 16.1. The summed E-state index contributed by atoms with van der Waals surface area (Å²) in [6.45, 7) is 7.58. The fourth-order valence-electron chi connectivity index (χ4n) is 4.45. The van der Waals surface area contributed by atoms with Gasteiger partial charge in [0.05, 0.1) is 36.3 Å². The van der Waals surface area contributed by atoms with Gasteiger partial charge in [0.15, 0.2) is 0 Å². The second-order valence-electron chi connectivity index (χ2n) is 10.4. The van der Waals surface area contributed by atoms with Crippen molar-refractivity contribution in [3.8, 4) is 11.3 Å². The molecule has 9 nitrogen and oxygen atoms in total. The van der Waals surface area contributed by atoms with E-state index in [0.717, 1.165) is 12.5 Å². The number of hydrogen-bond donors (Lipinski definition) is 3. The summed E-state index contributed by atoms with van der Waals surface area (Å²) in [5.74, 6) is 0.539. The maximum Gasteiger partial charge on any atom is 0.416 e. The third kappa shape index (κ3) is 6.60. The van der Waals surface area contributed by atoms with Crippen molar-refractivity contribution in [2.45, 2.75) is 46.5 Å². The largest absolute Gasteiger partial charge is 0.416 e. The Bertz CT molecular complexity index is 1270. The van der Waals surface area contributed by atoms with Crippen molar-refractivity contribution in [1.29, 1.82) is 0 Å². The van der Waals surface area contributed by atoms with E-state index in [2.05, 4.69) is 46.5 Å². The first-order chi connectivity index (χ1) is 17.9. The van der Waals surface area contributed by atoms with Gasteiger partial charge in [0, 0.05) is 37.6 Å². The van der Waals surface area contributed by atoms with E-state index in [1.807, 2.05) is 0 Å². The number of alkyl halides is 3. The summed E-state index contributed by atoms with van der Waals surface area (Å²) in [6, 6.07) is 5.12. The lowest BCUT2D eigenvalue weighted by Crippen LogP contribution is -2.39. The maximum absolute atomic E-state index is 14.0. The second kappa shape index (κ2) is 11.0. The monoisotopic (exact) mass is 531 g/mol. The lowest BCUT2D eigenvalue weighted by Gasteiger charge is -2.27. The van der Waals surface area contributed by atoms with Gasteiger partial charge in [-0.05, 0) is 35.4 Å². The van der Waals surface area contributed by atoms with Gasteiger partial charge in [-0.25, -0.2) is 14.8 Å². The Labute approximate surface area is 219 Å². The van der Waals surface area contributed by atoms with E-state index in [4.69, 9.17) is 5.11 Å². The van der Waals surface area contributed by atoms with E-state index in [9.17, 15) is 18.0 Å². The Morgan fingerprint density at radius 3 is 2.68 bits per heavy atom. The van der Waals surface area contributed by atoms with Gasteiger partial charge in [-0.15, -0.1) is 0 Å². The van der Waals surface area contributed by atoms with Crippen LogP contribution < -0.4 is 10.6 Å². The summed E-state index contributed by atoms with van der Waals surface area (Å²) in [7, 11) is 0. The van der Waals surface area contributed by atoms with Crippen LogP contribution in [-0.2, 0) is 19.3 Å². The minimum absolute atomic E-state index is 0.0233. The van der Waals surface area contributed by atoms with Gasteiger partial charge < -0.3 is 20.6 Å². The molecular formula is C26H32F3N7O2. The van der Waals surface area contributed by atoms with Crippen molar-refractivity contribution in [3.05, 3.63) is 54.0 Å². The number of nitrogens with zero attached hydrogens (tertiary/aromatic N) is 5. The lowest BCUT2D eigenvalue weighted by atomic mass is 9.80. The summed E-state index contributed by atoms with van der Waals surface area (Å²) in [5.41, 5.74) is 0.349. The van der Waals surface area contributed by atoms with Crippen molar-refractivity contribution in [2.24, 2.45) is 11.3 Å². The predicted octanol–water partition coefficient (Wildman–Crippen LogP) is 4.67. The number of likely N-dealkylation sites (tertiary alicyclic amines) is 1. The molecule has 0 spiro atoms. The highest BCUT2D eigenvalue weighted by Crippen LogP contribution is 2.36. The van der Waals surface area contributed by atoms with Crippen LogP contribution in [0, 0.1) is 11.3 Å². The van der Waals surface area contributed by atoms with E-state index >= 15 is 0 Å². The standard InChI is InChI=1S/C26H32F3N7O2/c1-25(2,3)19-7-9-35(15-19)24(38)31-13-18-5-4-17(12-21(18)26(27,28)29)22-6-8-30-23(34-22)33-20-14-32-36(16-20)10-11-37/h4-6,8,12,14,16,19,37H,7,9-11,13,15H2,1-3H3,(H,31,38)(H,30,33,34). The Morgan fingerprint density at radius 2 is 2.00 bits per heavy atom. The summed E-state index contributed by atoms with van der Waals surface area (Å²) < 4.78 is 43.5. The molecule has 1 aromatic carbocycles. The van der Waals surface area contributed by atoms with Crippen LogP contribution in [0.25, 0.3) is 11.3 Å². The molecule has 1 aliphatic rings. The number of aromatic nitrogens is 4. The van der Waals surface area contributed by atoms with Crippen LogP contribution in [0.1, 0.15) is 38.3 Å². The molecule has 1 saturated heterocycles. The SMILES string of the molecule is CC(C)(C)C1CCN(C(=O)NCc2ccc(-c3ccnc(Nc4cnn(CCO)c4)n3)cc2C(F)(F)F)C1. The van der Waals surface area contributed by atoms with Gasteiger partial charge in [0.1, 0.15) is 0 Å². The Kier molecular flexibility index (Phi) is 7.91. The van der Waals surface area contributed by atoms with Crippen molar-refractivity contribution in [1.82, 2.24) is 30.0 Å². The van der Waals surface area contributed by atoms with E-state index in [1.165, 1.54) is 29.2 Å². The van der Waals surface area contributed by atoms with Crippen LogP contribution >= 0.6 is 0 Å². The molecule has 1 atom stereocenters. The highest BCUT2D eigenvalue weighted by molar-refractivity contribution is 5.74. The quantitative estimate of drug-likeness (QED) is 0.409. The number of urea groups is 1. The molecule has 2 aromatic heterocycles. The van der Waals surface area contributed by atoms with Crippen molar-refractivity contribution in [2.75, 3.05) is 25.0 Å². The smallest absolute Gasteiger partial charge is 0.394 e. The molecule has 1 fully saturated rings. The van der Waals surface area contributed by atoms with Gasteiger partial charge in [0.2, 0.25) is 5.95 Å². The minimum Gasteiger partial charge on any atom is -0.394 e. The van der Waals surface area contributed by atoms with E-state index in [0.29, 0.717) is 36.9 Å². The molecule has 38 heavy (non-hydrogen) atoms. The first kappa shape index (κ1) is 27.4. The summed E-state index contributed by atoms with van der Waals surface area (Å²) in [4.78, 5) is 22.8. The van der Waals surface area contributed by atoms with Gasteiger partial charge in [0.25, 0.3) is 0 Å². The molecule has 12 heteroatoms. The predicted molar refractivity (Wildman–Crippen MR) is 136 cm³/mol. The number of hydrogen-bond acceptors (Lipinski definition) is 6. The highest BCUT2D eigenvalue weighted by atomic mass is 19.4. The number of amides is 2. The van der Waals surface area contributed by atoms with Crippen LogP contribution in [0.15, 0.2) is 42.9 Å². The zero-order chi connectivity index (χ0) is 27.5. The third-order valence-electron chi connectivity index (χ3n) is 6.72. The zero-order valence-corrected chi connectivity index (χ0v) is 21.6. The molecule has 0 saturated carbocycles. The number of nitrogens with one attached hydrogen (secondary N) is 2. The zero-order valence-electron chi connectivity index (χ0n) is 21.6. The number of halogens is 3. The van der Waals surface area contributed by atoms with Crippen LogP contribution in [0.5, 0.6) is 0 Å². The lowest BCUT2D eigenvalue weighted by molar-refractivity contribution is -0.138. The number of benzene rings is 1. The van der Waals surface area contributed by atoms with Crippen molar-refractivity contribution < 1.29 is 23.1 Å². The number of rotatable bonds is 7. The molecular weight excluding hydrogens is 499 g/mol. The molecule has 3 N–H and O–H groups in total. The average Bonchev–Trinajstić information content (AvgIpc) is 3.52. The first-order valence-corrected chi connectivity index (χ1v) is 12.4. The van der Waals surface area contributed by atoms with Crippen LogP contribution in [0.3, 0.4) is 0 Å². The molecule has 0 aliphatic carbocycles. The first-order valence-electron chi connectivity index (χ1n) is 12.4. The molecule has 3 heterocycles. The molecule has 204 valence electrons. The van der Waals surface area contributed by atoms with E-state index in [1.54, 1.807) is 17.2 Å². The molecule has 3 aromatic rings. The minimum atomic E-state index is -4.61. The molecule has 1 unspecified atom stereocenters. The fourth-order valence-corrected chi connectivity index (χ4v) is 4.45. The number of carbonyl (C=O) groups excluding carboxylic acids is 1. The molecule has 4 rings (SSSR count). The summed E-state index contributed by atoms with van der Waals surface area (Å²) in [6.07, 6.45) is 0.895. The maximum atomic E-state index is 14.0. The average molecular weight is 532 g/mol. The molecule has 1 aliphatic heterocycles. The summed E-state index contributed by atoms with van der Waals surface area (Å²) in [5, 5.41) is 18.7. The summed E-state index contributed by atoms with van der Waals surface area (Å²) >= 11 is 0. The highest BCUT2D eigenvalue weighted by Gasteiger charge is 2.35. The topological polar surface area (TPSA) is 108 Å². The number of aliphatic hydroxyl groups excluding tert-OH is 1. The van der Waals surface area contributed by atoms with Crippen molar-refractivity contribution >= 4 is 17.7 Å². The third-order valence-corrected chi connectivity index (χ3v) is 6.72. The van der Waals surface area contributed by atoms with E-state index < -0.39 is 11.7 Å². The van der Waals surface area contributed by atoms with Crippen LogP contribution in [0.4, 0.5) is 29.6 Å². The van der Waals surface area contributed by atoms with Crippen LogP contribution in [0.2, 0.25) is 0 Å². The van der Waals surface area contributed by atoms with Gasteiger partial charge >= 0.3 is 12.2 Å². The van der Waals surface area contributed by atoms with Gasteiger partial charge in [-0.3, -0.25) is 4.68 Å². The Morgan fingerprint density at radius 1 is 1.21 bits per heavy atom. The Balaban J connectivity index is 1.48. The molecule has 2 amide bonds. The fraction of sp³-hybridized carbons (Fsp3) is 0.462. The van der Waals surface area contributed by atoms with Crippen molar-refractivity contribution in [3.63, 3.8) is 0 Å². The molecule has 0 bridgehead atoms. The number of carbonyl (C=O) groups is 1.